The van der Waals surface area contributed by atoms with Gasteiger partial charge in [0.05, 0.1) is 31.2 Å². The average Bonchev–Trinajstić information content (AvgIpc) is 3.15. The molecule has 3 aromatic carbocycles. The lowest BCUT2D eigenvalue weighted by Crippen LogP contribution is -2.31. The van der Waals surface area contributed by atoms with Crippen LogP contribution in [0.2, 0.25) is 5.02 Å². The molecule has 1 aromatic heterocycles. The van der Waals surface area contributed by atoms with Crippen molar-refractivity contribution in [1.82, 2.24) is 4.90 Å². The number of nitrogens with zero attached hydrogens (tertiary/aromatic N) is 1. The Morgan fingerprint density at radius 2 is 1.71 bits per heavy atom. The van der Waals surface area contributed by atoms with Crippen molar-refractivity contribution in [2.75, 3.05) is 20.8 Å². The van der Waals surface area contributed by atoms with Gasteiger partial charge in [-0.1, -0.05) is 48.0 Å². The monoisotopic (exact) mass is 475 g/mol. The minimum Gasteiger partial charge on any atom is -0.493 e. The fourth-order valence-electron chi connectivity index (χ4n) is 4.49. The molecule has 5 rings (SSSR count). The van der Waals surface area contributed by atoms with Gasteiger partial charge in [-0.15, -0.1) is 0 Å². The first kappa shape index (κ1) is 22.0. The Kier molecular flexibility index (Phi) is 5.75. The lowest BCUT2D eigenvalue weighted by molar-refractivity contribution is 0.0730. The van der Waals surface area contributed by atoms with E-state index in [4.69, 9.17) is 25.5 Å². The summed E-state index contributed by atoms with van der Waals surface area (Å²) in [6.45, 7) is 0.384. The number of rotatable bonds is 6. The second-order valence-corrected chi connectivity index (χ2v) is 8.50. The van der Waals surface area contributed by atoms with E-state index in [0.29, 0.717) is 46.0 Å². The summed E-state index contributed by atoms with van der Waals surface area (Å²) in [6, 6.07) is 19.5. The first-order valence-electron chi connectivity index (χ1n) is 10.8. The molecule has 0 unspecified atom stereocenters. The van der Waals surface area contributed by atoms with Crippen LogP contribution in [-0.2, 0) is 6.42 Å². The molecule has 7 heteroatoms. The molecule has 0 bridgehead atoms. The molecule has 0 spiro atoms. The van der Waals surface area contributed by atoms with Crippen LogP contribution < -0.4 is 14.9 Å². The van der Waals surface area contributed by atoms with Crippen molar-refractivity contribution in [3.05, 3.63) is 104 Å². The van der Waals surface area contributed by atoms with Crippen molar-refractivity contribution in [3.8, 4) is 11.5 Å². The third kappa shape index (κ3) is 3.70. The number of benzene rings is 3. The van der Waals surface area contributed by atoms with Gasteiger partial charge in [0.15, 0.2) is 16.9 Å². The van der Waals surface area contributed by atoms with Crippen molar-refractivity contribution < 1.29 is 18.7 Å². The quantitative estimate of drug-likeness (QED) is 0.381. The minimum absolute atomic E-state index is 0.0842. The first-order chi connectivity index (χ1) is 16.5. The van der Waals surface area contributed by atoms with Crippen LogP contribution in [0, 0.1) is 0 Å². The van der Waals surface area contributed by atoms with Crippen LogP contribution in [-0.4, -0.2) is 31.6 Å². The summed E-state index contributed by atoms with van der Waals surface area (Å²) < 4.78 is 16.7. The minimum atomic E-state index is -0.552. The summed E-state index contributed by atoms with van der Waals surface area (Å²) >= 11 is 6.14. The van der Waals surface area contributed by atoms with Crippen LogP contribution in [0.15, 0.2) is 75.9 Å². The molecule has 1 amide bonds. The molecule has 0 saturated heterocycles. The number of fused-ring (bicyclic) bond motifs is 2. The predicted octanol–water partition coefficient (Wildman–Crippen LogP) is 5.25. The van der Waals surface area contributed by atoms with Crippen molar-refractivity contribution in [3.63, 3.8) is 0 Å². The molecule has 1 aliphatic heterocycles. The topological polar surface area (TPSA) is 69.0 Å². The lowest BCUT2D eigenvalue weighted by Gasteiger charge is -2.25. The van der Waals surface area contributed by atoms with Gasteiger partial charge in [-0.05, 0) is 47.9 Å². The second-order valence-electron chi connectivity index (χ2n) is 8.07. The maximum atomic E-state index is 13.5. The van der Waals surface area contributed by atoms with Crippen LogP contribution in [0.3, 0.4) is 0 Å². The van der Waals surface area contributed by atoms with E-state index in [1.54, 1.807) is 37.3 Å². The van der Waals surface area contributed by atoms with Crippen molar-refractivity contribution in [1.29, 1.82) is 0 Å². The van der Waals surface area contributed by atoms with Gasteiger partial charge in [0, 0.05) is 11.6 Å². The van der Waals surface area contributed by atoms with E-state index in [0.717, 1.165) is 11.1 Å². The van der Waals surface area contributed by atoms with Crippen LogP contribution in [0.1, 0.15) is 33.3 Å². The number of hydrogen-bond acceptors (Lipinski definition) is 5. The Hall–Kier alpha value is -3.77. The standard InChI is InChI=1S/C27H22ClNO5/c1-32-21-10-8-16(14-22(21)33-2)12-13-29-24(17-6-4-3-5-7-17)23-25(30)19-15-18(28)9-11-20(19)34-26(23)27(29)31/h3-11,14-15,24H,12-13H2,1-2H3/t24-/m1/s1. The van der Waals surface area contributed by atoms with Gasteiger partial charge >= 0.3 is 0 Å². The Labute approximate surface area is 201 Å². The van der Waals surface area contributed by atoms with Gasteiger partial charge in [0.25, 0.3) is 5.91 Å². The van der Waals surface area contributed by atoms with Gasteiger partial charge in [0.1, 0.15) is 5.58 Å². The maximum Gasteiger partial charge on any atom is 0.290 e. The summed E-state index contributed by atoms with van der Waals surface area (Å²) in [5.41, 5.74) is 2.27. The lowest BCUT2D eigenvalue weighted by atomic mass is 9.98. The number of ether oxygens (including phenoxy) is 2. The summed E-state index contributed by atoms with van der Waals surface area (Å²) in [7, 11) is 3.17. The van der Waals surface area contributed by atoms with E-state index in [2.05, 4.69) is 0 Å². The number of methoxy groups -OCH3 is 2. The molecular weight excluding hydrogens is 454 g/mol. The highest BCUT2D eigenvalue weighted by Crippen LogP contribution is 2.38. The van der Waals surface area contributed by atoms with Gasteiger partial charge in [-0.25, -0.2) is 0 Å². The zero-order chi connectivity index (χ0) is 23.8. The number of carbonyl (C=O) groups is 1. The molecule has 1 aliphatic rings. The second kappa shape index (κ2) is 8.88. The van der Waals surface area contributed by atoms with Gasteiger partial charge < -0.3 is 18.8 Å². The molecule has 34 heavy (non-hydrogen) atoms. The molecule has 0 N–H and O–H groups in total. The maximum absolute atomic E-state index is 13.5. The molecular formula is C27H22ClNO5. The third-order valence-corrected chi connectivity index (χ3v) is 6.37. The van der Waals surface area contributed by atoms with Crippen LogP contribution in [0.5, 0.6) is 11.5 Å². The van der Waals surface area contributed by atoms with E-state index in [9.17, 15) is 9.59 Å². The molecule has 0 aliphatic carbocycles. The Morgan fingerprint density at radius 3 is 2.44 bits per heavy atom. The summed E-state index contributed by atoms with van der Waals surface area (Å²) in [5.74, 6) is 1.04. The van der Waals surface area contributed by atoms with E-state index in [-0.39, 0.29) is 17.1 Å². The van der Waals surface area contributed by atoms with Crippen LogP contribution >= 0.6 is 11.6 Å². The number of amides is 1. The molecule has 6 nitrogen and oxygen atoms in total. The highest BCUT2D eigenvalue weighted by Gasteiger charge is 2.42. The van der Waals surface area contributed by atoms with Crippen molar-refractivity contribution in [2.24, 2.45) is 0 Å². The van der Waals surface area contributed by atoms with E-state index < -0.39 is 6.04 Å². The van der Waals surface area contributed by atoms with E-state index >= 15 is 0 Å². The van der Waals surface area contributed by atoms with E-state index in [1.807, 2.05) is 48.5 Å². The summed E-state index contributed by atoms with van der Waals surface area (Å²) in [5, 5.41) is 0.798. The van der Waals surface area contributed by atoms with Crippen molar-refractivity contribution in [2.45, 2.75) is 12.5 Å². The molecule has 172 valence electrons. The smallest absolute Gasteiger partial charge is 0.290 e. The number of halogens is 1. The number of carbonyl (C=O) groups excluding carboxylic acids is 1. The normalized spacial score (nSPS) is 15.0. The fraction of sp³-hybridized carbons (Fsp3) is 0.185. The predicted molar refractivity (Wildman–Crippen MR) is 130 cm³/mol. The molecule has 1 atom stereocenters. The first-order valence-corrected chi connectivity index (χ1v) is 11.2. The highest BCUT2D eigenvalue weighted by molar-refractivity contribution is 6.31. The zero-order valence-electron chi connectivity index (χ0n) is 18.7. The third-order valence-electron chi connectivity index (χ3n) is 6.13. The SMILES string of the molecule is COc1ccc(CCN2C(=O)c3oc4ccc(Cl)cc4c(=O)c3[C@H]2c2ccccc2)cc1OC. The summed E-state index contributed by atoms with van der Waals surface area (Å²) in [6.07, 6.45) is 0.558. The molecule has 0 saturated carbocycles. The molecule has 2 heterocycles. The average molecular weight is 476 g/mol. The largest absolute Gasteiger partial charge is 0.493 e. The Bertz CT molecular complexity index is 1450. The highest BCUT2D eigenvalue weighted by atomic mass is 35.5. The van der Waals surface area contributed by atoms with Gasteiger partial charge in [0.2, 0.25) is 5.76 Å². The molecule has 4 aromatic rings. The van der Waals surface area contributed by atoms with E-state index in [1.165, 1.54) is 0 Å². The summed E-state index contributed by atoms with van der Waals surface area (Å²) in [4.78, 5) is 28.8. The molecule has 0 fully saturated rings. The van der Waals surface area contributed by atoms with Crippen LogP contribution in [0.4, 0.5) is 0 Å². The number of hydrogen-bond donors (Lipinski definition) is 0. The zero-order valence-corrected chi connectivity index (χ0v) is 19.5. The Balaban J connectivity index is 1.58. The van der Waals surface area contributed by atoms with Gasteiger partial charge in [-0.2, -0.15) is 0 Å². The Morgan fingerprint density at radius 1 is 0.941 bits per heavy atom. The van der Waals surface area contributed by atoms with Crippen LogP contribution in [0.25, 0.3) is 11.0 Å². The van der Waals surface area contributed by atoms with Gasteiger partial charge in [-0.3, -0.25) is 9.59 Å². The fourth-order valence-corrected chi connectivity index (χ4v) is 4.66. The molecule has 0 radical (unpaired) electrons. The van der Waals surface area contributed by atoms with Crippen molar-refractivity contribution >= 4 is 28.5 Å².